The van der Waals surface area contributed by atoms with Gasteiger partial charge >= 0.3 is 5.97 Å². The van der Waals surface area contributed by atoms with Crippen LogP contribution in [0.1, 0.15) is 16.2 Å². The fraction of sp³-hybridized carbons (Fsp3) is 0.111. The Balaban J connectivity index is 1.57. The van der Waals surface area contributed by atoms with Crippen molar-refractivity contribution in [2.24, 2.45) is 7.05 Å². The summed E-state index contributed by atoms with van der Waals surface area (Å²) in [5, 5.41) is 6.85. The Bertz CT molecular complexity index is 1140. The summed E-state index contributed by atoms with van der Waals surface area (Å²) < 4.78 is 11.8. The molecule has 0 spiro atoms. The van der Waals surface area contributed by atoms with E-state index in [0.717, 1.165) is 9.56 Å². The van der Waals surface area contributed by atoms with E-state index in [4.69, 9.17) is 9.15 Å². The Labute approximate surface area is 151 Å². The second-order valence-corrected chi connectivity index (χ2v) is 6.47. The van der Waals surface area contributed by atoms with Crippen LogP contribution in [0.15, 0.2) is 57.3 Å². The molecule has 3 aromatic heterocycles. The molecular weight excluding hydrogens is 354 g/mol. The normalized spacial score (nSPS) is 11.0. The quantitative estimate of drug-likeness (QED) is 0.515. The molecule has 0 saturated heterocycles. The molecule has 3 heterocycles. The van der Waals surface area contributed by atoms with Gasteiger partial charge in [-0.15, -0.1) is 11.3 Å². The number of hydrogen-bond acceptors (Lipinski definition) is 7. The topological polar surface area (TPSA) is 87.2 Å². The van der Waals surface area contributed by atoms with Crippen molar-refractivity contribution in [2.75, 3.05) is 0 Å². The summed E-state index contributed by atoms with van der Waals surface area (Å²) in [6.45, 7) is -0.0491. The molecule has 0 bridgehead atoms. The second kappa shape index (κ2) is 6.57. The van der Waals surface area contributed by atoms with Crippen LogP contribution >= 0.6 is 11.3 Å². The molecule has 0 aliphatic rings. The highest BCUT2D eigenvalue weighted by molar-refractivity contribution is 7.13. The number of nitrogens with zero attached hydrogens (tertiary/aromatic N) is 3. The predicted molar refractivity (Wildman–Crippen MR) is 95.9 cm³/mol. The Hall–Kier alpha value is -3.26. The zero-order valence-electron chi connectivity index (χ0n) is 13.7. The Morgan fingerprint density at radius 2 is 2.04 bits per heavy atom. The van der Waals surface area contributed by atoms with E-state index >= 15 is 0 Å². The first kappa shape index (κ1) is 16.2. The highest BCUT2D eigenvalue weighted by Gasteiger charge is 2.18. The Morgan fingerprint density at radius 1 is 1.23 bits per heavy atom. The molecule has 0 aliphatic carbocycles. The molecule has 4 rings (SSSR count). The number of oxazole rings is 1. The van der Waals surface area contributed by atoms with Crippen LogP contribution in [0.5, 0.6) is 0 Å². The fourth-order valence-corrected chi connectivity index (χ4v) is 3.20. The lowest BCUT2D eigenvalue weighted by Crippen LogP contribution is -2.23. The van der Waals surface area contributed by atoms with E-state index in [0.29, 0.717) is 22.4 Å². The van der Waals surface area contributed by atoms with Gasteiger partial charge in [0.15, 0.2) is 5.69 Å². The van der Waals surface area contributed by atoms with Gasteiger partial charge in [0, 0.05) is 12.4 Å². The lowest BCUT2D eigenvalue weighted by atomic mass is 10.1. The van der Waals surface area contributed by atoms with E-state index in [1.165, 1.54) is 24.6 Å². The smallest absolute Gasteiger partial charge is 0.359 e. The first-order chi connectivity index (χ1) is 12.6. The first-order valence-corrected chi connectivity index (χ1v) is 8.63. The summed E-state index contributed by atoms with van der Waals surface area (Å²) in [6, 6.07) is 10.6. The van der Waals surface area contributed by atoms with Crippen LogP contribution in [0.3, 0.4) is 0 Å². The number of ether oxygens (including phenoxy) is 1. The van der Waals surface area contributed by atoms with Gasteiger partial charge in [0.25, 0.3) is 5.56 Å². The van der Waals surface area contributed by atoms with E-state index < -0.39 is 5.97 Å². The third-order valence-corrected chi connectivity index (χ3v) is 4.64. The lowest BCUT2D eigenvalue weighted by Gasteiger charge is -2.07. The van der Waals surface area contributed by atoms with E-state index in [2.05, 4.69) is 10.1 Å². The summed E-state index contributed by atoms with van der Waals surface area (Å²) >= 11 is 1.51. The summed E-state index contributed by atoms with van der Waals surface area (Å²) in [4.78, 5) is 29.8. The van der Waals surface area contributed by atoms with Gasteiger partial charge in [0.05, 0.1) is 10.3 Å². The number of benzene rings is 1. The van der Waals surface area contributed by atoms with Crippen molar-refractivity contribution in [1.82, 2.24) is 14.8 Å². The van der Waals surface area contributed by atoms with Crippen LogP contribution in [-0.4, -0.2) is 20.7 Å². The van der Waals surface area contributed by atoms with Crippen molar-refractivity contribution in [1.29, 1.82) is 0 Å². The number of rotatable bonds is 4. The molecular formula is C18H13N3O4S. The van der Waals surface area contributed by atoms with Crippen molar-refractivity contribution in [3.05, 3.63) is 69.8 Å². The van der Waals surface area contributed by atoms with Crippen LogP contribution in [0.4, 0.5) is 0 Å². The van der Waals surface area contributed by atoms with Gasteiger partial charge in [0.1, 0.15) is 18.6 Å². The molecule has 8 heteroatoms. The molecule has 0 amide bonds. The highest BCUT2D eigenvalue weighted by atomic mass is 32.1. The monoisotopic (exact) mass is 367 g/mol. The van der Waals surface area contributed by atoms with Gasteiger partial charge in [-0.25, -0.2) is 14.5 Å². The zero-order chi connectivity index (χ0) is 18.1. The number of hydrogen-bond donors (Lipinski definition) is 0. The van der Waals surface area contributed by atoms with E-state index in [1.807, 2.05) is 17.5 Å². The minimum absolute atomic E-state index is 0.0491. The Morgan fingerprint density at radius 3 is 2.81 bits per heavy atom. The molecule has 0 atom stereocenters. The number of fused-ring (bicyclic) bond motifs is 1. The van der Waals surface area contributed by atoms with Crippen LogP contribution < -0.4 is 5.56 Å². The van der Waals surface area contributed by atoms with E-state index in [1.54, 1.807) is 24.3 Å². The number of aryl methyl sites for hydroxylation is 1. The average molecular weight is 367 g/mol. The molecule has 1 aromatic carbocycles. The zero-order valence-corrected chi connectivity index (χ0v) is 14.5. The Kier molecular flexibility index (Phi) is 4.10. The number of carbonyl (C=O) groups excluding carboxylic acids is 1. The molecule has 4 aromatic rings. The highest BCUT2D eigenvalue weighted by Crippen LogP contribution is 2.24. The first-order valence-electron chi connectivity index (χ1n) is 7.75. The SMILES string of the molecule is Cn1nc(C(=O)OCc2coc(-c3cccs3)n2)c2ccccc2c1=O. The minimum atomic E-state index is -0.627. The number of esters is 1. The van der Waals surface area contributed by atoms with Crippen LogP contribution in [0.2, 0.25) is 0 Å². The van der Waals surface area contributed by atoms with Gasteiger partial charge in [-0.2, -0.15) is 5.10 Å². The fourth-order valence-electron chi connectivity index (χ4n) is 2.55. The van der Waals surface area contributed by atoms with Gasteiger partial charge in [-0.05, 0) is 17.5 Å². The summed E-state index contributed by atoms with van der Waals surface area (Å²) in [6.07, 6.45) is 1.45. The number of carbonyl (C=O) groups is 1. The molecule has 130 valence electrons. The summed E-state index contributed by atoms with van der Waals surface area (Å²) in [5.41, 5.74) is 0.315. The predicted octanol–water partition coefficient (Wildman–Crippen LogP) is 3.01. The maximum absolute atomic E-state index is 12.5. The standard InChI is InChI=1S/C18H13N3O4S/c1-21-17(22)13-6-3-2-5-12(13)15(20-21)18(23)25-10-11-9-24-16(19-11)14-7-4-8-26-14/h2-9H,10H2,1H3. The molecule has 26 heavy (non-hydrogen) atoms. The maximum Gasteiger partial charge on any atom is 0.359 e. The van der Waals surface area contributed by atoms with Crippen LogP contribution in [-0.2, 0) is 18.4 Å². The molecule has 0 radical (unpaired) electrons. The van der Waals surface area contributed by atoms with Gasteiger partial charge in [-0.1, -0.05) is 24.3 Å². The maximum atomic E-state index is 12.5. The molecule has 0 saturated carbocycles. The lowest BCUT2D eigenvalue weighted by molar-refractivity contribution is 0.0460. The van der Waals surface area contributed by atoms with Crippen molar-refractivity contribution < 1.29 is 13.9 Å². The summed E-state index contributed by atoms with van der Waals surface area (Å²) in [7, 11) is 1.50. The van der Waals surface area contributed by atoms with E-state index in [-0.39, 0.29) is 17.9 Å². The second-order valence-electron chi connectivity index (χ2n) is 5.52. The molecule has 0 N–H and O–H groups in total. The van der Waals surface area contributed by atoms with Crippen molar-refractivity contribution >= 4 is 28.1 Å². The number of aromatic nitrogens is 3. The summed E-state index contributed by atoms with van der Waals surface area (Å²) in [5.74, 6) is -0.144. The van der Waals surface area contributed by atoms with Crippen molar-refractivity contribution in [3.63, 3.8) is 0 Å². The molecule has 7 nitrogen and oxygen atoms in total. The van der Waals surface area contributed by atoms with E-state index in [9.17, 15) is 9.59 Å². The van der Waals surface area contributed by atoms with Crippen LogP contribution in [0, 0.1) is 0 Å². The van der Waals surface area contributed by atoms with Gasteiger partial charge < -0.3 is 9.15 Å². The average Bonchev–Trinajstić information content (AvgIpc) is 3.34. The molecule has 0 fully saturated rings. The third-order valence-electron chi connectivity index (χ3n) is 3.78. The minimum Gasteiger partial charge on any atom is -0.454 e. The van der Waals surface area contributed by atoms with Gasteiger partial charge in [-0.3, -0.25) is 4.79 Å². The van der Waals surface area contributed by atoms with Crippen LogP contribution in [0.25, 0.3) is 21.5 Å². The van der Waals surface area contributed by atoms with Gasteiger partial charge in [0.2, 0.25) is 5.89 Å². The molecule has 0 aliphatic heterocycles. The number of thiophene rings is 1. The van der Waals surface area contributed by atoms with Crippen molar-refractivity contribution in [2.45, 2.75) is 6.61 Å². The molecule has 0 unspecified atom stereocenters. The largest absolute Gasteiger partial charge is 0.454 e. The third kappa shape index (κ3) is 2.91. The van der Waals surface area contributed by atoms with Crippen molar-refractivity contribution in [3.8, 4) is 10.8 Å².